The number of nitrogens with zero attached hydrogens (tertiary/aromatic N) is 2. The molecule has 0 saturated heterocycles. The molecule has 19 heavy (non-hydrogen) atoms. The van der Waals surface area contributed by atoms with E-state index < -0.39 is 5.97 Å². The minimum absolute atomic E-state index is 0.282. The fourth-order valence-electron chi connectivity index (χ4n) is 3.43. The van der Waals surface area contributed by atoms with Gasteiger partial charge in [0.25, 0.3) is 0 Å². The van der Waals surface area contributed by atoms with Crippen molar-refractivity contribution in [3.8, 4) is 0 Å². The summed E-state index contributed by atoms with van der Waals surface area (Å²) in [5, 5.41) is 9.30. The molecule has 3 rings (SSSR count). The lowest BCUT2D eigenvalue weighted by molar-refractivity contribution is 0.0689. The van der Waals surface area contributed by atoms with E-state index >= 15 is 0 Å². The van der Waals surface area contributed by atoms with Crippen LogP contribution in [0.1, 0.15) is 66.4 Å². The zero-order valence-electron chi connectivity index (χ0n) is 11.1. The van der Waals surface area contributed by atoms with Gasteiger partial charge in [0.2, 0.25) is 0 Å². The summed E-state index contributed by atoms with van der Waals surface area (Å²) in [4.78, 5) is 15.8. The Hall–Kier alpha value is -1.36. The molecule has 0 aromatic carbocycles. The maximum atomic E-state index is 11.3. The summed E-state index contributed by atoms with van der Waals surface area (Å²) in [5.74, 6) is 0.508. The van der Waals surface area contributed by atoms with E-state index in [1.807, 2.05) is 0 Å². The second-order valence-electron chi connectivity index (χ2n) is 5.79. The van der Waals surface area contributed by atoms with E-state index in [1.165, 1.54) is 0 Å². The predicted octanol–water partition coefficient (Wildman–Crippen LogP) is 1.90. The third-order valence-electron chi connectivity index (χ3n) is 4.49. The van der Waals surface area contributed by atoms with Crippen molar-refractivity contribution in [3.05, 3.63) is 17.2 Å². The van der Waals surface area contributed by atoms with Gasteiger partial charge in [0.05, 0.1) is 5.69 Å². The molecule has 1 aliphatic heterocycles. The Morgan fingerprint density at radius 1 is 1.26 bits per heavy atom. The number of imidazole rings is 1. The number of nitrogens with two attached hydrogens (primary N) is 1. The number of carboxylic acid groups (broad SMARTS) is 1. The number of aromatic carboxylic acids is 1. The highest BCUT2D eigenvalue weighted by Gasteiger charge is 2.29. The predicted molar refractivity (Wildman–Crippen MR) is 71.3 cm³/mol. The molecule has 1 aromatic heterocycles. The van der Waals surface area contributed by atoms with Gasteiger partial charge in [-0.05, 0) is 44.9 Å². The van der Waals surface area contributed by atoms with Crippen LogP contribution in [0.2, 0.25) is 0 Å². The fourth-order valence-corrected chi connectivity index (χ4v) is 3.43. The highest BCUT2D eigenvalue weighted by atomic mass is 16.4. The van der Waals surface area contributed by atoms with Crippen molar-refractivity contribution in [2.75, 3.05) is 0 Å². The van der Waals surface area contributed by atoms with Crippen molar-refractivity contribution in [2.24, 2.45) is 5.73 Å². The van der Waals surface area contributed by atoms with Crippen molar-refractivity contribution in [1.29, 1.82) is 0 Å². The molecule has 5 heteroatoms. The van der Waals surface area contributed by atoms with E-state index in [1.54, 1.807) is 0 Å². The van der Waals surface area contributed by atoms with Gasteiger partial charge in [0.1, 0.15) is 5.82 Å². The van der Waals surface area contributed by atoms with Crippen LogP contribution >= 0.6 is 0 Å². The third kappa shape index (κ3) is 2.27. The van der Waals surface area contributed by atoms with Crippen LogP contribution in [-0.2, 0) is 13.0 Å². The number of fused-ring (bicyclic) bond motifs is 1. The molecule has 0 spiro atoms. The summed E-state index contributed by atoms with van der Waals surface area (Å²) in [6, 6.07) is 0.311. The van der Waals surface area contributed by atoms with Crippen LogP contribution in [0.25, 0.3) is 0 Å². The lowest BCUT2D eigenvalue weighted by Crippen LogP contribution is -2.27. The Labute approximate surface area is 112 Å². The summed E-state index contributed by atoms with van der Waals surface area (Å²) in [6.45, 7) is 0.924. The highest BCUT2D eigenvalue weighted by Crippen LogP contribution is 2.34. The fraction of sp³-hybridized carbons (Fsp3) is 0.714. The zero-order chi connectivity index (χ0) is 13.4. The lowest BCUT2D eigenvalue weighted by Gasteiger charge is -2.27. The average Bonchev–Trinajstić information content (AvgIpc) is 2.79. The van der Waals surface area contributed by atoms with Gasteiger partial charge in [0, 0.05) is 18.5 Å². The molecular weight excluding hydrogens is 242 g/mol. The maximum Gasteiger partial charge on any atom is 0.356 e. The zero-order valence-corrected chi connectivity index (χ0v) is 11.1. The Balaban J connectivity index is 1.94. The van der Waals surface area contributed by atoms with Gasteiger partial charge in [-0.2, -0.15) is 0 Å². The van der Waals surface area contributed by atoms with Crippen molar-refractivity contribution in [1.82, 2.24) is 9.55 Å². The molecule has 0 amide bonds. The van der Waals surface area contributed by atoms with Gasteiger partial charge < -0.3 is 15.4 Å². The van der Waals surface area contributed by atoms with Gasteiger partial charge in [0.15, 0.2) is 5.69 Å². The third-order valence-corrected chi connectivity index (χ3v) is 4.49. The number of hydrogen-bond acceptors (Lipinski definition) is 3. The van der Waals surface area contributed by atoms with Gasteiger partial charge in [-0.1, -0.05) is 0 Å². The number of aromatic nitrogens is 2. The highest BCUT2D eigenvalue weighted by molar-refractivity contribution is 5.87. The summed E-state index contributed by atoms with van der Waals surface area (Å²) < 4.78 is 2.18. The van der Waals surface area contributed by atoms with E-state index in [9.17, 15) is 9.90 Å². The van der Waals surface area contributed by atoms with E-state index in [0.717, 1.165) is 63.0 Å². The largest absolute Gasteiger partial charge is 0.476 e. The number of rotatable bonds is 2. The topological polar surface area (TPSA) is 81.1 Å². The quantitative estimate of drug-likeness (QED) is 0.854. The van der Waals surface area contributed by atoms with E-state index in [4.69, 9.17) is 5.73 Å². The van der Waals surface area contributed by atoms with Crippen LogP contribution < -0.4 is 5.73 Å². The molecule has 1 aliphatic carbocycles. The van der Waals surface area contributed by atoms with Gasteiger partial charge in [-0.3, -0.25) is 0 Å². The van der Waals surface area contributed by atoms with Gasteiger partial charge in [-0.25, -0.2) is 9.78 Å². The lowest BCUT2D eigenvalue weighted by atomic mass is 9.86. The van der Waals surface area contributed by atoms with Gasteiger partial charge >= 0.3 is 5.97 Å². The molecule has 5 nitrogen and oxygen atoms in total. The molecule has 2 heterocycles. The molecule has 1 aromatic rings. The Kier molecular flexibility index (Phi) is 3.31. The van der Waals surface area contributed by atoms with Crippen LogP contribution in [0.4, 0.5) is 0 Å². The summed E-state index contributed by atoms with van der Waals surface area (Å²) in [6.07, 6.45) is 7.17. The minimum Gasteiger partial charge on any atom is -0.476 e. The van der Waals surface area contributed by atoms with Crippen molar-refractivity contribution in [3.63, 3.8) is 0 Å². The Bertz CT molecular complexity index is 487. The minimum atomic E-state index is -0.885. The van der Waals surface area contributed by atoms with Crippen molar-refractivity contribution in [2.45, 2.75) is 63.5 Å². The van der Waals surface area contributed by atoms with E-state index in [2.05, 4.69) is 9.55 Å². The molecule has 0 bridgehead atoms. The number of carbonyl (C=O) groups is 1. The average molecular weight is 263 g/mol. The van der Waals surface area contributed by atoms with E-state index in [0.29, 0.717) is 12.0 Å². The SMILES string of the molecule is NC1CCC(c2nc(C(=O)O)c3n2CCCC3)CC1. The van der Waals surface area contributed by atoms with Gasteiger partial charge in [-0.15, -0.1) is 0 Å². The summed E-state index contributed by atoms with van der Waals surface area (Å²) in [7, 11) is 0. The second-order valence-corrected chi connectivity index (χ2v) is 5.79. The molecule has 104 valence electrons. The second kappa shape index (κ2) is 4.96. The van der Waals surface area contributed by atoms with E-state index in [-0.39, 0.29) is 5.69 Å². The molecule has 1 saturated carbocycles. The molecule has 1 fully saturated rings. The van der Waals surface area contributed by atoms with Crippen molar-refractivity contribution < 1.29 is 9.90 Å². The van der Waals surface area contributed by atoms with Crippen LogP contribution in [0, 0.1) is 0 Å². The number of hydrogen-bond donors (Lipinski definition) is 2. The van der Waals surface area contributed by atoms with Crippen LogP contribution in [-0.4, -0.2) is 26.7 Å². The molecule has 2 aliphatic rings. The van der Waals surface area contributed by atoms with Crippen LogP contribution in [0.15, 0.2) is 0 Å². The molecule has 0 atom stereocenters. The van der Waals surface area contributed by atoms with Crippen LogP contribution in [0.5, 0.6) is 0 Å². The van der Waals surface area contributed by atoms with Crippen LogP contribution in [0.3, 0.4) is 0 Å². The first-order chi connectivity index (χ1) is 9.16. The first kappa shape index (κ1) is 12.7. The standard InChI is InChI=1S/C14H21N3O2/c15-10-6-4-9(5-7-10)13-16-12(14(18)19)11-3-1-2-8-17(11)13/h9-10H,1-8,15H2,(H,18,19). The number of carboxylic acids is 1. The Morgan fingerprint density at radius 3 is 2.68 bits per heavy atom. The normalized spacial score (nSPS) is 27.0. The molecule has 0 radical (unpaired) electrons. The first-order valence-corrected chi connectivity index (χ1v) is 7.25. The summed E-state index contributed by atoms with van der Waals surface area (Å²) >= 11 is 0. The summed E-state index contributed by atoms with van der Waals surface area (Å²) in [5.41, 5.74) is 7.16. The van der Waals surface area contributed by atoms with Crippen molar-refractivity contribution >= 4 is 5.97 Å². The molecule has 0 unspecified atom stereocenters. The molecule has 3 N–H and O–H groups in total. The Morgan fingerprint density at radius 2 is 2.00 bits per heavy atom. The smallest absolute Gasteiger partial charge is 0.356 e. The first-order valence-electron chi connectivity index (χ1n) is 7.25. The maximum absolute atomic E-state index is 11.3. The monoisotopic (exact) mass is 263 g/mol. The molecular formula is C14H21N3O2.